The van der Waals surface area contributed by atoms with Gasteiger partial charge in [-0.05, 0) is 86.0 Å². The molecule has 0 radical (unpaired) electrons. The third-order valence-corrected chi connectivity index (χ3v) is 6.55. The lowest BCUT2D eigenvalue weighted by Gasteiger charge is -2.26. The molecule has 2 aromatic rings. The van der Waals surface area contributed by atoms with Gasteiger partial charge in [-0.15, -0.1) is 0 Å². The van der Waals surface area contributed by atoms with Crippen LogP contribution < -0.4 is 15.4 Å². The number of hydrogen-bond acceptors (Lipinski definition) is 4. The molecule has 1 saturated heterocycles. The highest BCUT2D eigenvalue weighted by Crippen LogP contribution is 2.24. The van der Waals surface area contributed by atoms with Crippen molar-refractivity contribution in [1.82, 2.24) is 10.6 Å². The number of hydrogen-bond donors (Lipinski definition) is 2. The molecule has 190 valence electrons. The van der Waals surface area contributed by atoms with Crippen LogP contribution in [0.4, 0.5) is 13.2 Å². The van der Waals surface area contributed by atoms with Crippen LogP contribution in [-0.4, -0.2) is 44.0 Å². The second kappa shape index (κ2) is 11.9. The van der Waals surface area contributed by atoms with E-state index in [0.717, 1.165) is 50.0 Å². The van der Waals surface area contributed by atoms with E-state index in [1.54, 1.807) is 12.1 Å². The predicted molar refractivity (Wildman–Crippen MR) is 128 cm³/mol. The molecule has 2 atom stereocenters. The zero-order chi connectivity index (χ0) is 24.7. The zero-order valence-corrected chi connectivity index (χ0v) is 19.8. The molecule has 1 fully saturated rings. The van der Waals surface area contributed by atoms with E-state index in [1.165, 1.54) is 11.1 Å². The Balaban J connectivity index is 1.21. The number of rotatable bonds is 10. The second-order valence-corrected chi connectivity index (χ2v) is 9.38. The van der Waals surface area contributed by atoms with Gasteiger partial charge in [0.15, 0.2) is 0 Å². The van der Waals surface area contributed by atoms with Gasteiger partial charge in [-0.1, -0.05) is 18.2 Å². The van der Waals surface area contributed by atoms with Gasteiger partial charge >= 0.3 is 6.18 Å². The Bertz CT molecular complexity index is 973. The van der Waals surface area contributed by atoms with Crippen LogP contribution in [0.5, 0.6) is 5.75 Å². The molecule has 0 saturated carbocycles. The Morgan fingerprint density at radius 2 is 1.91 bits per heavy atom. The van der Waals surface area contributed by atoms with Crippen molar-refractivity contribution in [3.05, 3.63) is 64.7 Å². The first kappa shape index (κ1) is 25.5. The van der Waals surface area contributed by atoms with Gasteiger partial charge in [-0.2, -0.15) is 13.2 Å². The number of halogens is 3. The van der Waals surface area contributed by atoms with E-state index < -0.39 is 12.6 Å². The number of aryl methyl sites for hydroxylation is 1. The summed E-state index contributed by atoms with van der Waals surface area (Å²) in [5, 5.41) is 6.23. The third-order valence-electron chi connectivity index (χ3n) is 6.55. The standard InChI is InChI=1S/C27H33F3N2O3/c28-27(29,30)12-2-13-31-17-19-4-5-22-16-23(9-6-21(22)15-19)32-26(33)20-7-10-24(11-8-20)35-18-25-3-1-14-34-25/h4-5,7-8,10-11,15,23,25,31H,1-3,6,9,12-14,16-18H2,(H,32,33)/t23-,25-/m0/s1. The summed E-state index contributed by atoms with van der Waals surface area (Å²) < 4.78 is 48.0. The van der Waals surface area contributed by atoms with Gasteiger partial charge in [0.2, 0.25) is 0 Å². The number of alkyl halides is 3. The average Bonchev–Trinajstić information content (AvgIpc) is 3.36. The Hall–Kier alpha value is -2.58. The van der Waals surface area contributed by atoms with E-state index in [2.05, 4.69) is 22.8 Å². The van der Waals surface area contributed by atoms with Crippen LogP contribution in [-0.2, 0) is 24.1 Å². The molecule has 2 aliphatic rings. The topological polar surface area (TPSA) is 59.6 Å². The first-order chi connectivity index (χ1) is 16.9. The van der Waals surface area contributed by atoms with Gasteiger partial charge in [-0.3, -0.25) is 4.79 Å². The number of ether oxygens (including phenoxy) is 2. The first-order valence-electron chi connectivity index (χ1n) is 12.4. The number of amides is 1. The molecule has 1 amide bonds. The maximum Gasteiger partial charge on any atom is 0.389 e. The largest absolute Gasteiger partial charge is 0.491 e. The molecule has 5 nitrogen and oxygen atoms in total. The maximum absolute atomic E-state index is 12.7. The maximum atomic E-state index is 12.7. The summed E-state index contributed by atoms with van der Waals surface area (Å²) >= 11 is 0. The molecule has 1 aliphatic carbocycles. The molecule has 0 bridgehead atoms. The highest BCUT2D eigenvalue weighted by atomic mass is 19.4. The summed E-state index contributed by atoms with van der Waals surface area (Å²) in [6.45, 7) is 2.22. The summed E-state index contributed by atoms with van der Waals surface area (Å²) in [6.07, 6.45) is -0.0403. The Kier molecular flexibility index (Phi) is 8.68. The van der Waals surface area contributed by atoms with Gasteiger partial charge in [0.05, 0.1) is 6.10 Å². The fraction of sp³-hybridized carbons (Fsp3) is 0.519. The minimum Gasteiger partial charge on any atom is -0.491 e. The SMILES string of the molecule is O=C(N[C@H]1CCc2cc(CNCCCC(F)(F)F)ccc2C1)c1ccc(OC[C@@H]2CCCO2)cc1. The van der Waals surface area contributed by atoms with E-state index in [9.17, 15) is 18.0 Å². The van der Waals surface area contributed by atoms with E-state index in [4.69, 9.17) is 9.47 Å². The summed E-state index contributed by atoms with van der Waals surface area (Å²) in [5.41, 5.74) is 4.13. The molecule has 8 heteroatoms. The van der Waals surface area contributed by atoms with Crippen LogP contribution in [0.1, 0.15) is 59.2 Å². The first-order valence-corrected chi connectivity index (χ1v) is 12.4. The van der Waals surface area contributed by atoms with Crippen molar-refractivity contribution in [3.63, 3.8) is 0 Å². The van der Waals surface area contributed by atoms with Crippen molar-refractivity contribution in [1.29, 1.82) is 0 Å². The number of nitrogens with one attached hydrogen (secondary N) is 2. The van der Waals surface area contributed by atoms with Crippen molar-refractivity contribution >= 4 is 5.91 Å². The Morgan fingerprint density at radius 3 is 2.66 bits per heavy atom. The molecule has 4 rings (SSSR count). The predicted octanol–water partition coefficient (Wildman–Crippen LogP) is 4.96. The molecule has 2 aromatic carbocycles. The fourth-order valence-corrected chi connectivity index (χ4v) is 4.62. The number of carbonyl (C=O) groups excluding carboxylic acids is 1. The molecule has 2 N–H and O–H groups in total. The monoisotopic (exact) mass is 490 g/mol. The Labute approximate surface area is 204 Å². The molecular weight excluding hydrogens is 457 g/mol. The Morgan fingerprint density at radius 1 is 1.09 bits per heavy atom. The quantitative estimate of drug-likeness (QED) is 0.462. The molecule has 0 aromatic heterocycles. The zero-order valence-electron chi connectivity index (χ0n) is 19.8. The molecule has 1 heterocycles. The molecule has 0 spiro atoms. The normalized spacial score (nSPS) is 19.9. The number of carbonyl (C=O) groups is 1. The number of fused-ring (bicyclic) bond motifs is 1. The second-order valence-electron chi connectivity index (χ2n) is 9.38. The van der Waals surface area contributed by atoms with Gasteiger partial charge < -0.3 is 20.1 Å². The summed E-state index contributed by atoms with van der Waals surface area (Å²) in [4.78, 5) is 12.7. The van der Waals surface area contributed by atoms with Gasteiger partial charge in [0.25, 0.3) is 5.91 Å². The fourth-order valence-electron chi connectivity index (χ4n) is 4.62. The van der Waals surface area contributed by atoms with E-state index in [-0.39, 0.29) is 24.5 Å². The highest BCUT2D eigenvalue weighted by Gasteiger charge is 2.26. The summed E-state index contributed by atoms with van der Waals surface area (Å²) in [5.74, 6) is 0.637. The van der Waals surface area contributed by atoms with E-state index in [0.29, 0.717) is 25.3 Å². The number of benzene rings is 2. The molecule has 0 unspecified atom stereocenters. The van der Waals surface area contributed by atoms with Crippen LogP contribution in [0.3, 0.4) is 0 Å². The molecule has 1 aliphatic heterocycles. The summed E-state index contributed by atoms with van der Waals surface area (Å²) in [7, 11) is 0. The van der Waals surface area contributed by atoms with Crippen LogP contribution in [0, 0.1) is 0 Å². The van der Waals surface area contributed by atoms with Crippen LogP contribution in [0.25, 0.3) is 0 Å². The van der Waals surface area contributed by atoms with Gasteiger partial charge in [0.1, 0.15) is 12.4 Å². The third kappa shape index (κ3) is 7.97. The average molecular weight is 491 g/mol. The highest BCUT2D eigenvalue weighted by molar-refractivity contribution is 5.94. The van der Waals surface area contributed by atoms with E-state index >= 15 is 0 Å². The van der Waals surface area contributed by atoms with E-state index in [1.807, 2.05) is 18.2 Å². The van der Waals surface area contributed by atoms with Crippen molar-refractivity contribution in [2.24, 2.45) is 0 Å². The van der Waals surface area contributed by atoms with Crippen LogP contribution >= 0.6 is 0 Å². The minimum atomic E-state index is -4.10. The van der Waals surface area contributed by atoms with Crippen molar-refractivity contribution < 1.29 is 27.4 Å². The van der Waals surface area contributed by atoms with Gasteiger partial charge in [0, 0.05) is 31.2 Å². The molecular formula is C27H33F3N2O3. The lowest BCUT2D eigenvalue weighted by atomic mass is 9.87. The lowest BCUT2D eigenvalue weighted by molar-refractivity contribution is -0.135. The summed E-state index contributed by atoms with van der Waals surface area (Å²) in [6, 6.07) is 13.5. The molecule has 35 heavy (non-hydrogen) atoms. The van der Waals surface area contributed by atoms with Crippen molar-refractivity contribution in [2.45, 2.75) is 69.8 Å². The van der Waals surface area contributed by atoms with Crippen LogP contribution in [0.2, 0.25) is 0 Å². The van der Waals surface area contributed by atoms with Crippen LogP contribution in [0.15, 0.2) is 42.5 Å². The van der Waals surface area contributed by atoms with Crippen molar-refractivity contribution in [2.75, 3.05) is 19.8 Å². The smallest absolute Gasteiger partial charge is 0.389 e. The minimum absolute atomic E-state index is 0.0665. The van der Waals surface area contributed by atoms with Crippen molar-refractivity contribution in [3.8, 4) is 5.75 Å². The lowest BCUT2D eigenvalue weighted by Crippen LogP contribution is -2.38. The van der Waals surface area contributed by atoms with Gasteiger partial charge in [-0.25, -0.2) is 0 Å².